The number of hydrogen-bond acceptors (Lipinski definition) is 5. The van der Waals surface area contributed by atoms with Crippen molar-refractivity contribution in [3.8, 4) is 10.8 Å². The lowest BCUT2D eigenvalue weighted by Crippen LogP contribution is -2.29. The zero-order valence-corrected chi connectivity index (χ0v) is 13.4. The first-order valence-electron chi connectivity index (χ1n) is 7.37. The second kappa shape index (κ2) is 5.55. The summed E-state index contributed by atoms with van der Waals surface area (Å²) >= 11 is 1.39. The van der Waals surface area contributed by atoms with E-state index in [0.29, 0.717) is 23.1 Å². The lowest BCUT2D eigenvalue weighted by molar-refractivity contribution is 0.0985. The Labute approximate surface area is 137 Å². The van der Waals surface area contributed by atoms with Crippen molar-refractivity contribution in [1.29, 1.82) is 0 Å². The number of thiazole rings is 1. The quantitative estimate of drug-likeness (QED) is 0.727. The van der Waals surface area contributed by atoms with E-state index >= 15 is 0 Å². The van der Waals surface area contributed by atoms with E-state index in [4.69, 9.17) is 0 Å². The van der Waals surface area contributed by atoms with Crippen LogP contribution < -0.4 is 4.90 Å². The summed E-state index contributed by atoms with van der Waals surface area (Å²) in [7, 11) is 0. The molecule has 0 radical (unpaired) electrons. The van der Waals surface area contributed by atoms with Crippen LogP contribution in [0.3, 0.4) is 0 Å². The van der Waals surface area contributed by atoms with Crippen LogP contribution in [0.15, 0.2) is 42.0 Å². The van der Waals surface area contributed by atoms with Gasteiger partial charge in [0.25, 0.3) is 5.91 Å². The molecule has 3 aromatic rings. The number of fused-ring (bicyclic) bond motifs is 1. The highest BCUT2D eigenvalue weighted by molar-refractivity contribution is 7.13. The molecule has 0 spiro atoms. The molecule has 0 N–H and O–H groups in total. The Morgan fingerprint density at radius 3 is 2.91 bits per heavy atom. The molecule has 0 bridgehead atoms. The van der Waals surface area contributed by atoms with E-state index in [2.05, 4.69) is 33.2 Å². The predicted octanol–water partition coefficient (Wildman–Crippen LogP) is 3.11. The van der Waals surface area contributed by atoms with Gasteiger partial charge in [-0.1, -0.05) is 12.1 Å². The van der Waals surface area contributed by atoms with E-state index in [0.717, 1.165) is 17.7 Å². The van der Waals surface area contributed by atoms with Crippen molar-refractivity contribution in [2.75, 3.05) is 11.4 Å². The van der Waals surface area contributed by atoms with Gasteiger partial charge in [0.05, 0.1) is 0 Å². The fraction of sp³-hybridized carbons (Fsp3) is 0.176. The number of aryl methyl sites for hydroxylation is 1. The van der Waals surface area contributed by atoms with Crippen LogP contribution in [-0.2, 0) is 6.42 Å². The average molecular weight is 322 g/mol. The third kappa shape index (κ3) is 2.51. The summed E-state index contributed by atoms with van der Waals surface area (Å²) in [5.74, 6) is 0.488. The van der Waals surface area contributed by atoms with Crippen molar-refractivity contribution >= 4 is 22.9 Å². The number of carbonyl (C=O) groups is 1. The molecule has 0 unspecified atom stereocenters. The number of rotatable bonds is 2. The molecule has 0 saturated heterocycles. The highest BCUT2D eigenvalue weighted by atomic mass is 32.1. The van der Waals surface area contributed by atoms with Crippen LogP contribution in [-0.4, -0.2) is 27.4 Å². The van der Waals surface area contributed by atoms with Gasteiger partial charge < -0.3 is 4.90 Å². The summed E-state index contributed by atoms with van der Waals surface area (Å²) in [6.07, 6.45) is 4.23. The van der Waals surface area contributed by atoms with Crippen molar-refractivity contribution in [2.45, 2.75) is 13.3 Å². The molecule has 1 amide bonds. The van der Waals surface area contributed by atoms with E-state index < -0.39 is 0 Å². The molecule has 4 rings (SSSR count). The topological polar surface area (TPSA) is 59.0 Å². The smallest absolute Gasteiger partial charge is 0.277 e. The van der Waals surface area contributed by atoms with Gasteiger partial charge in [-0.15, -0.1) is 11.3 Å². The Morgan fingerprint density at radius 1 is 1.26 bits per heavy atom. The van der Waals surface area contributed by atoms with Gasteiger partial charge in [-0.25, -0.2) is 15.0 Å². The standard InChI is InChI=1S/C17H14N4OS/c1-11-3-4-12-5-8-21(14(12)9-11)17(22)13-10-23-16(20-13)15-18-6-2-7-19-15/h2-4,6-7,9-10H,5,8H2,1H3. The second-order valence-electron chi connectivity index (χ2n) is 5.45. The first-order chi connectivity index (χ1) is 11.2. The Balaban J connectivity index is 1.64. The van der Waals surface area contributed by atoms with Gasteiger partial charge in [-0.05, 0) is 36.6 Å². The third-order valence-electron chi connectivity index (χ3n) is 3.86. The molecular weight excluding hydrogens is 308 g/mol. The molecule has 1 aliphatic rings. The van der Waals surface area contributed by atoms with E-state index in [1.165, 1.54) is 16.9 Å². The maximum absolute atomic E-state index is 12.8. The van der Waals surface area contributed by atoms with Crippen LogP contribution in [0.1, 0.15) is 21.6 Å². The maximum Gasteiger partial charge on any atom is 0.277 e. The van der Waals surface area contributed by atoms with Crippen molar-refractivity contribution in [3.63, 3.8) is 0 Å². The van der Waals surface area contributed by atoms with Crippen LogP contribution in [0, 0.1) is 6.92 Å². The van der Waals surface area contributed by atoms with Crippen LogP contribution in [0.4, 0.5) is 5.69 Å². The summed E-state index contributed by atoms with van der Waals surface area (Å²) in [6.45, 7) is 2.74. The molecule has 23 heavy (non-hydrogen) atoms. The summed E-state index contributed by atoms with van der Waals surface area (Å²) < 4.78 is 0. The first kappa shape index (κ1) is 14.0. The van der Waals surface area contributed by atoms with Crippen molar-refractivity contribution in [1.82, 2.24) is 15.0 Å². The fourth-order valence-electron chi connectivity index (χ4n) is 2.72. The molecule has 2 aromatic heterocycles. The van der Waals surface area contributed by atoms with Crippen molar-refractivity contribution in [3.05, 3.63) is 58.9 Å². The largest absolute Gasteiger partial charge is 0.306 e. The van der Waals surface area contributed by atoms with Gasteiger partial charge in [0.15, 0.2) is 10.8 Å². The molecule has 1 aliphatic heterocycles. The minimum absolute atomic E-state index is 0.0622. The Bertz CT molecular complexity index is 875. The third-order valence-corrected chi connectivity index (χ3v) is 4.70. The molecule has 114 valence electrons. The van der Waals surface area contributed by atoms with E-state index in [1.807, 2.05) is 11.8 Å². The minimum Gasteiger partial charge on any atom is -0.306 e. The summed E-state index contributed by atoms with van der Waals surface area (Å²) in [6, 6.07) is 8.00. The zero-order chi connectivity index (χ0) is 15.8. The molecular formula is C17H14N4OS. The SMILES string of the molecule is Cc1ccc2c(c1)N(C(=O)c1csc(-c3ncccn3)n1)CC2. The molecule has 5 nitrogen and oxygen atoms in total. The number of aromatic nitrogens is 3. The van der Waals surface area contributed by atoms with Crippen molar-refractivity contribution in [2.24, 2.45) is 0 Å². The van der Waals surface area contributed by atoms with Crippen LogP contribution in [0.25, 0.3) is 10.8 Å². The van der Waals surface area contributed by atoms with Gasteiger partial charge in [0.1, 0.15) is 5.69 Å². The lowest BCUT2D eigenvalue weighted by atomic mass is 10.1. The number of amides is 1. The van der Waals surface area contributed by atoms with Gasteiger partial charge in [-0.3, -0.25) is 4.79 Å². The van der Waals surface area contributed by atoms with Gasteiger partial charge in [0.2, 0.25) is 0 Å². The number of hydrogen-bond donors (Lipinski definition) is 0. The number of carbonyl (C=O) groups excluding carboxylic acids is 1. The molecule has 0 atom stereocenters. The number of nitrogens with zero attached hydrogens (tertiary/aromatic N) is 4. The molecule has 1 aromatic carbocycles. The van der Waals surface area contributed by atoms with E-state index in [9.17, 15) is 4.79 Å². The van der Waals surface area contributed by atoms with Crippen molar-refractivity contribution < 1.29 is 4.79 Å². The van der Waals surface area contributed by atoms with Gasteiger partial charge in [0, 0.05) is 30.0 Å². The van der Waals surface area contributed by atoms with Crippen LogP contribution in [0.2, 0.25) is 0 Å². The Hall–Kier alpha value is -2.60. The Kier molecular flexibility index (Phi) is 3.38. The van der Waals surface area contributed by atoms with E-state index in [-0.39, 0.29) is 5.91 Å². The molecule has 0 saturated carbocycles. The highest BCUT2D eigenvalue weighted by Crippen LogP contribution is 2.31. The molecule has 0 aliphatic carbocycles. The lowest BCUT2D eigenvalue weighted by Gasteiger charge is -2.16. The summed E-state index contributed by atoms with van der Waals surface area (Å²) in [5.41, 5.74) is 3.82. The maximum atomic E-state index is 12.8. The minimum atomic E-state index is -0.0622. The average Bonchev–Trinajstić information content (AvgIpc) is 3.22. The van der Waals surface area contributed by atoms with E-state index in [1.54, 1.807) is 23.8 Å². The highest BCUT2D eigenvalue weighted by Gasteiger charge is 2.27. The zero-order valence-electron chi connectivity index (χ0n) is 12.6. The second-order valence-corrected chi connectivity index (χ2v) is 6.31. The van der Waals surface area contributed by atoms with Crippen LogP contribution in [0.5, 0.6) is 0 Å². The first-order valence-corrected chi connectivity index (χ1v) is 8.24. The van der Waals surface area contributed by atoms with Gasteiger partial charge in [-0.2, -0.15) is 0 Å². The summed E-state index contributed by atoms with van der Waals surface area (Å²) in [4.78, 5) is 27.4. The summed E-state index contributed by atoms with van der Waals surface area (Å²) in [5, 5.41) is 2.44. The monoisotopic (exact) mass is 322 g/mol. The molecule has 0 fully saturated rings. The normalized spacial score (nSPS) is 13.2. The molecule has 6 heteroatoms. The van der Waals surface area contributed by atoms with Gasteiger partial charge >= 0.3 is 0 Å². The number of benzene rings is 1. The van der Waals surface area contributed by atoms with Crippen LogP contribution >= 0.6 is 11.3 Å². The molecule has 3 heterocycles. The fourth-order valence-corrected chi connectivity index (χ4v) is 3.46. The Morgan fingerprint density at radius 2 is 2.09 bits per heavy atom. The predicted molar refractivity (Wildman–Crippen MR) is 89.7 cm³/mol. The number of anilines is 1.